The Hall–Kier alpha value is -1.92. The zero-order valence-electron chi connectivity index (χ0n) is 11.8. The maximum Gasteiger partial charge on any atom is 0.279 e. The molecule has 0 radical (unpaired) electrons. The normalized spacial score (nSPS) is 11.3. The number of nitrogens with one attached hydrogen (secondary N) is 1. The van der Waals surface area contributed by atoms with Crippen molar-refractivity contribution in [2.24, 2.45) is 0 Å². The summed E-state index contributed by atoms with van der Waals surface area (Å²) < 4.78 is 26.8. The second-order valence-electron chi connectivity index (χ2n) is 4.72. The van der Waals surface area contributed by atoms with Crippen LogP contribution in [-0.4, -0.2) is 18.5 Å². The van der Waals surface area contributed by atoms with Crippen molar-refractivity contribution in [1.82, 2.24) is 4.98 Å². The number of rotatable bonds is 6. The van der Waals surface area contributed by atoms with Crippen molar-refractivity contribution in [3.63, 3.8) is 0 Å². The Bertz CT molecular complexity index is 680. The van der Waals surface area contributed by atoms with E-state index in [1.807, 2.05) is 12.1 Å². The van der Waals surface area contributed by atoms with Crippen LogP contribution in [0.15, 0.2) is 47.6 Å². The minimum Gasteiger partial charge on any atom is -0.392 e. The lowest BCUT2D eigenvalue weighted by Crippen LogP contribution is -2.14. The number of aromatic nitrogens is 1. The molecule has 6 heteroatoms. The third-order valence-electron chi connectivity index (χ3n) is 3.00. The molecular formula is C15H18N2O3S. The van der Waals surface area contributed by atoms with Gasteiger partial charge in [-0.1, -0.05) is 31.5 Å². The summed E-state index contributed by atoms with van der Waals surface area (Å²) in [6, 6.07) is 10.2. The summed E-state index contributed by atoms with van der Waals surface area (Å²) in [6.45, 7) is 1.93. The molecule has 5 nitrogen and oxygen atoms in total. The van der Waals surface area contributed by atoms with Crippen LogP contribution in [0.25, 0.3) is 0 Å². The molecule has 2 rings (SSSR count). The van der Waals surface area contributed by atoms with Crippen LogP contribution in [0.1, 0.15) is 24.5 Å². The van der Waals surface area contributed by atoms with Gasteiger partial charge >= 0.3 is 0 Å². The third-order valence-corrected chi connectivity index (χ3v) is 4.30. The molecule has 2 N–H and O–H groups in total. The van der Waals surface area contributed by atoms with Gasteiger partial charge < -0.3 is 5.11 Å². The quantitative estimate of drug-likeness (QED) is 0.858. The number of aliphatic hydroxyl groups is 1. The molecule has 0 unspecified atom stereocenters. The van der Waals surface area contributed by atoms with E-state index in [1.165, 1.54) is 23.9 Å². The Morgan fingerprint density at radius 1 is 1.10 bits per heavy atom. The minimum absolute atomic E-state index is 0.0719. The number of hydrogen-bond donors (Lipinski definition) is 2. The van der Waals surface area contributed by atoms with E-state index in [1.54, 1.807) is 12.1 Å². The number of sulfonamides is 1. The summed E-state index contributed by atoms with van der Waals surface area (Å²) in [5.74, 6) is 0. The number of anilines is 1. The summed E-state index contributed by atoms with van der Waals surface area (Å²) in [7, 11) is -3.71. The first-order valence-electron chi connectivity index (χ1n) is 6.72. The van der Waals surface area contributed by atoms with Gasteiger partial charge in [-0.15, -0.1) is 0 Å². The van der Waals surface area contributed by atoms with Gasteiger partial charge in [-0.3, -0.25) is 4.72 Å². The third kappa shape index (κ3) is 4.03. The predicted octanol–water partition coefficient (Wildman–Crippen LogP) is 2.33. The van der Waals surface area contributed by atoms with Crippen LogP contribution >= 0.6 is 0 Å². The van der Waals surface area contributed by atoms with Gasteiger partial charge in [0.15, 0.2) is 5.03 Å². The fourth-order valence-corrected chi connectivity index (χ4v) is 2.89. The number of hydrogen-bond acceptors (Lipinski definition) is 4. The number of aryl methyl sites for hydroxylation is 1. The summed E-state index contributed by atoms with van der Waals surface area (Å²) in [4.78, 5) is 3.85. The van der Waals surface area contributed by atoms with Gasteiger partial charge in [-0.05, 0) is 35.7 Å². The summed E-state index contributed by atoms with van der Waals surface area (Å²) in [5, 5.41) is 8.86. The van der Waals surface area contributed by atoms with Crippen LogP contribution in [0.4, 0.5) is 5.69 Å². The minimum atomic E-state index is -3.71. The van der Waals surface area contributed by atoms with Gasteiger partial charge in [-0.25, -0.2) is 4.98 Å². The van der Waals surface area contributed by atoms with Crippen molar-refractivity contribution in [2.45, 2.75) is 31.4 Å². The standard InChI is InChI=1S/C15H18N2O3S/c1-2-3-12-4-7-14(8-5-12)17-21(19,20)15-9-6-13(11-18)10-16-15/h4-10,17-18H,2-3,11H2,1H3. The number of benzene rings is 1. The Labute approximate surface area is 124 Å². The van der Waals surface area contributed by atoms with Gasteiger partial charge in [-0.2, -0.15) is 8.42 Å². The van der Waals surface area contributed by atoms with Crippen molar-refractivity contribution in [3.8, 4) is 0 Å². The zero-order chi connectivity index (χ0) is 15.3. The molecule has 0 amide bonds. The van der Waals surface area contributed by atoms with Crippen LogP contribution in [-0.2, 0) is 23.1 Å². The average Bonchev–Trinajstić information content (AvgIpc) is 2.49. The van der Waals surface area contributed by atoms with E-state index < -0.39 is 10.0 Å². The number of nitrogens with zero attached hydrogens (tertiary/aromatic N) is 1. The lowest BCUT2D eigenvalue weighted by atomic mass is 10.1. The first-order valence-corrected chi connectivity index (χ1v) is 8.21. The van der Waals surface area contributed by atoms with E-state index in [0.717, 1.165) is 12.8 Å². The van der Waals surface area contributed by atoms with Crippen molar-refractivity contribution >= 4 is 15.7 Å². The Kier molecular flexibility index (Phi) is 4.93. The van der Waals surface area contributed by atoms with Gasteiger partial charge in [0, 0.05) is 11.9 Å². The van der Waals surface area contributed by atoms with Crippen LogP contribution in [0, 0.1) is 0 Å². The van der Waals surface area contributed by atoms with E-state index in [9.17, 15) is 8.42 Å². The summed E-state index contributed by atoms with van der Waals surface area (Å²) >= 11 is 0. The van der Waals surface area contributed by atoms with E-state index in [2.05, 4.69) is 16.6 Å². The second-order valence-corrected chi connectivity index (χ2v) is 6.34. The highest BCUT2D eigenvalue weighted by Gasteiger charge is 2.15. The molecule has 0 aliphatic rings. The summed E-state index contributed by atoms with van der Waals surface area (Å²) in [6.07, 6.45) is 3.36. The predicted molar refractivity (Wildman–Crippen MR) is 81.4 cm³/mol. The van der Waals surface area contributed by atoms with E-state index >= 15 is 0 Å². The van der Waals surface area contributed by atoms with Crippen molar-refractivity contribution in [2.75, 3.05) is 4.72 Å². The fourth-order valence-electron chi connectivity index (χ4n) is 1.90. The van der Waals surface area contributed by atoms with E-state index in [4.69, 9.17) is 5.11 Å². The van der Waals surface area contributed by atoms with E-state index in [-0.39, 0.29) is 11.6 Å². The van der Waals surface area contributed by atoms with Crippen molar-refractivity contribution in [1.29, 1.82) is 0 Å². The molecule has 0 fully saturated rings. The van der Waals surface area contributed by atoms with Crippen LogP contribution in [0.2, 0.25) is 0 Å². The van der Waals surface area contributed by atoms with Gasteiger partial charge in [0.1, 0.15) is 0 Å². The maximum atomic E-state index is 12.2. The Morgan fingerprint density at radius 2 is 1.76 bits per heavy atom. The second kappa shape index (κ2) is 6.69. The molecule has 0 bridgehead atoms. The molecular weight excluding hydrogens is 288 g/mol. The average molecular weight is 306 g/mol. The number of pyridine rings is 1. The van der Waals surface area contributed by atoms with Gasteiger partial charge in [0.2, 0.25) is 0 Å². The summed E-state index contributed by atoms with van der Waals surface area (Å²) in [5.41, 5.74) is 2.24. The highest BCUT2D eigenvalue weighted by Crippen LogP contribution is 2.16. The monoisotopic (exact) mass is 306 g/mol. The largest absolute Gasteiger partial charge is 0.392 e. The molecule has 1 heterocycles. The van der Waals surface area contributed by atoms with Crippen LogP contribution < -0.4 is 4.72 Å². The van der Waals surface area contributed by atoms with Crippen LogP contribution in [0.3, 0.4) is 0 Å². The molecule has 1 aromatic carbocycles. The molecule has 0 aliphatic carbocycles. The molecule has 0 spiro atoms. The maximum absolute atomic E-state index is 12.2. The highest BCUT2D eigenvalue weighted by molar-refractivity contribution is 7.92. The molecule has 0 saturated heterocycles. The smallest absolute Gasteiger partial charge is 0.279 e. The molecule has 0 atom stereocenters. The first-order chi connectivity index (χ1) is 10.0. The lowest BCUT2D eigenvalue weighted by molar-refractivity contribution is 0.281. The zero-order valence-corrected chi connectivity index (χ0v) is 12.6. The van der Waals surface area contributed by atoms with Crippen molar-refractivity contribution < 1.29 is 13.5 Å². The molecule has 0 aliphatic heterocycles. The van der Waals surface area contributed by atoms with Crippen LogP contribution in [0.5, 0.6) is 0 Å². The Morgan fingerprint density at radius 3 is 2.29 bits per heavy atom. The molecule has 2 aromatic rings. The van der Waals surface area contributed by atoms with Crippen molar-refractivity contribution in [3.05, 3.63) is 53.7 Å². The van der Waals surface area contributed by atoms with Gasteiger partial charge in [0.25, 0.3) is 10.0 Å². The number of aliphatic hydroxyl groups excluding tert-OH is 1. The van der Waals surface area contributed by atoms with E-state index in [0.29, 0.717) is 11.3 Å². The highest BCUT2D eigenvalue weighted by atomic mass is 32.2. The lowest BCUT2D eigenvalue weighted by Gasteiger charge is -2.08. The molecule has 112 valence electrons. The molecule has 1 aromatic heterocycles. The van der Waals surface area contributed by atoms with Gasteiger partial charge in [0.05, 0.1) is 6.61 Å². The molecule has 0 saturated carbocycles. The first kappa shape index (κ1) is 15.5. The topological polar surface area (TPSA) is 79.3 Å². The molecule has 21 heavy (non-hydrogen) atoms. The fraction of sp³-hybridized carbons (Fsp3) is 0.267. The SMILES string of the molecule is CCCc1ccc(NS(=O)(=O)c2ccc(CO)cn2)cc1. The Balaban J connectivity index is 2.16.